The summed E-state index contributed by atoms with van der Waals surface area (Å²) in [5.74, 6) is -1.09. The summed E-state index contributed by atoms with van der Waals surface area (Å²) in [5, 5.41) is 8.63. The fraction of sp³-hybridized carbons (Fsp3) is 0.852. The van der Waals surface area contributed by atoms with E-state index < -0.39 is 30.3 Å². The van der Waals surface area contributed by atoms with E-state index in [1.54, 1.807) is 45.3 Å². The Balaban J connectivity index is 0.000000460. The van der Waals surface area contributed by atoms with E-state index in [9.17, 15) is 42.7 Å². The first kappa shape index (κ1) is 69.5. The molecule has 6 fully saturated rings. The molecule has 3 unspecified atom stereocenters. The third kappa shape index (κ3) is 24.0. The molecular formula is C54H101FN10O11. The number of amides is 8. The number of alkyl halides is 1. The SMILES string of the molecule is CC(C)(C)N1CC(CCN)NC(=O)C1=O.CC(CF)CC1CN(C(C)(C)C)C(=O)C(=O)N1.CC[C@@H]1CN(C)C(=O)CCN1.CC[C@@H]1CN(C)C(=O)[C@@H](C)O1.CC[C@@H]1CN(C)C(=O)[C@H](C)O1.CC[C@H]1COCC(=O)N(C)C1. The largest absolute Gasteiger partial charge is 0.371 e. The van der Waals surface area contributed by atoms with Crippen LogP contribution in [0.15, 0.2) is 0 Å². The van der Waals surface area contributed by atoms with Crippen molar-refractivity contribution in [3.8, 4) is 0 Å². The van der Waals surface area contributed by atoms with E-state index in [1.165, 1.54) is 0 Å². The maximum atomic E-state index is 12.5. The predicted molar refractivity (Wildman–Crippen MR) is 291 cm³/mol. The topological polar surface area (TPSA) is 246 Å². The van der Waals surface area contributed by atoms with Gasteiger partial charge in [-0.15, -0.1) is 0 Å². The number of rotatable bonds is 9. The van der Waals surface area contributed by atoms with Crippen LogP contribution in [0, 0.1) is 11.8 Å². The lowest BCUT2D eigenvalue weighted by Gasteiger charge is -2.41. The van der Waals surface area contributed by atoms with Crippen LogP contribution in [-0.2, 0) is 52.6 Å². The number of hydrogen-bond donors (Lipinski definition) is 4. The van der Waals surface area contributed by atoms with Gasteiger partial charge in [0.15, 0.2) is 0 Å². The summed E-state index contributed by atoms with van der Waals surface area (Å²) < 4.78 is 28.5. The maximum absolute atomic E-state index is 12.5. The molecule has 440 valence electrons. The third-order valence-electron chi connectivity index (χ3n) is 13.8. The summed E-state index contributed by atoms with van der Waals surface area (Å²) in [5.41, 5.74) is 4.74. The molecule has 0 aromatic rings. The fourth-order valence-electron chi connectivity index (χ4n) is 8.84. The highest BCUT2D eigenvalue weighted by Gasteiger charge is 2.39. The van der Waals surface area contributed by atoms with Crippen molar-refractivity contribution in [2.24, 2.45) is 17.6 Å². The summed E-state index contributed by atoms with van der Waals surface area (Å²) in [6.45, 7) is 31.3. The van der Waals surface area contributed by atoms with Gasteiger partial charge in [-0.05, 0) is 112 Å². The number of nitrogens with two attached hydrogens (primary N) is 1. The smallest absolute Gasteiger partial charge is 0.312 e. The zero-order chi connectivity index (χ0) is 58.2. The molecule has 6 aliphatic rings. The van der Waals surface area contributed by atoms with Gasteiger partial charge in [0.1, 0.15) is 18.8 Å². The van der Waals surface area contributed by atoms with E-state index in [-0.39, 0.29) is 83.7 Å². The monoisotopic (exact) mass is 1080 g/mol. The zero-order valence-electron chi connectivity index (χ0n) is 49.6. The Morgan fingerprint density at radius 2 is 1.08 bits per heavy atom. The molecule has 22 heteroatoms. The van der Waals surface area contributed by atoms with Crippen LogP contribution in [0.25, 0.3) is 0 Å². The van der Waals surface area contributed by atoms with Crippen molar-refractivity contribution in [2.75, 3.05) is 100 Å². The number of hydrogen-bond acceptors (Lipinski definition) is 13. The van der Waals surface area contributed by atoms with Gasteiger partial charge in [0, 0.05) is 110 Å². The first-order valence-electron chi connectivity index (χ1n) is 27.5. The summed E-state index contributed by atoms with van der Waals surface area (Å²) in [6.07, 6.45) is 5.98. The Bertz CT molecular complexity index is 1750. The van der Waals surface area contributed by atoms with Crippen molar-refractivity contribution in [1.29, 1.82) is 0 Å². The van der Waals surface area contributed by atoms with Gasteiger partial charge in [-0.3, -0.25) is 42.7 Å². The van der Waals surface area contributed by atoms with Crippen molar-refractivity contribution < 1.29 is 57.0 Å². The van der Waals surface area contributed by atoms with Gasteiger partial charge in [0.25, 0.3) is 11.8 Å². The van der Waals surface area contributed by atoms with Crippen LogP contribution in [0.2, 0.25) is 0 Å². The van der Waals surface area contributed by atoms with Gasteiger partial charge in [-0.25, -0.2) is 0 Å². The number of ether oxygens (including phenoxy) is 3. The Morgan fingerprint density at radius 1 is 0.618 bits per heavy atom. The number of nitrogens with one attached hydrogen (secondary N) is 3. The molecule has 6 saturated heterocycles. The Labute approximate surface area is 454 Å². The van der Waals surface area contributed by atoms with Crippen LogP contribution in [0.5, 0.6) is 0 Å². The molecule has 0 aliphatic carbocycles. The number of carbonyl (C=O) groups is 8. The van der Waals surface area contributed by atoms with Crippen molar-refractivity contribution in [3.05, 3.63) is 0 Å². The molecule has 0 spiro atoms. The summed E-state index contributed by atoms with van der Waals surface area (Å²) >= 11 is 0. The molecule has 21 nitrogen and oxygen atoms in total. The standard InChI is InChI=1S/C12H21FN2O2.C10H19N3O2.C8H16N2O.3C8H15NO2/c1-8(6-13)5-9-7-15(12(2,3)4)11(17)10(16)14-9;1-10(2,3)13-6-7(4-5-11)12-8(14)9(13)15;1-3-7-6-10(2)8(11)4-5-9-7;2*1-4-7-5-9(3)8(10)6(2)11-7;1-3-7-4-9(2)8(10)6-11-5-7/h8-9H,5-7H2,1-4H3,(H,14,16);7H,4-6,11H2,1-3H3,(H,12,14);7,9H,3-6H2,1-2H3;2*6-7H,4-5H2,1-3H3;7H,3-6H2,1-2H3/t;;7-;6-,7+;6-,7-;7-/m..1011/s1. The van der Waals surface area contributed by atoms with E-state index in [2.05, 4.69) is 43.6 Å². The Morgan fingerprint density at radius 3 is 1.49 bits per heavy atom. The first-order chi connectivity index (χ1) is 35.4. The van der Waals surface area contributed by atoms with E-state index in [4.69, 9.17) is 19.9 Å². The average Bonchev–Trinajstić information content (AvgIpc) is 3.63. The molecule has 5 N–H and O–H groups in total. The lowest BCUT2D eigenvalue weighted by atomic mass is 9.97. The number of likely N-dealkylation sites (N-methyl/N-ethyl adjacent to an activating group) is 4. The summed E-state index contributed by atoms with van der Waals surface area (Å²) in [6, 6.07) is 0.330. The molecule has 0 bridgehead atoms. The van der Waals surface area contributed by atoms with E-state index in [0.29, 0.717) is 50.9 Å². The summed E-state index contributed by atoms with van der Waals surface area (Å²) in [7, 11) is 7.35. The molecule has 0 aromatic heterocycles. The lowest BCUT2D eigenvalue weighted by molar-refractivity contribution is -0.158. The molecule has 6 aliphatic heterocycles. The average molecular weight is 1090 g/mol. The second-order valence-electron chi connectivity index (χ2n) is 22.8. The molecule has 6 heterocycles. The highest BCUT2D eigenvalue weighted by atomic mass is 19.1. The van der Waals surface area contributed by atoms with Crippen molar-refractivity contribution in [2.45, 2.75) is 189 Å². The quantitative estimate of drug-likeness (QED) is 0.243. The zero-order valence-corrected chi connectivity index (χ0v) is 49.6. The molecule has 0 aromatic carbocycles. The molecule has 0 saturated carbocycles. The number of halogens is 1. The normalized spacial score (nSPS) is 27.0. The minimum absolute atomic E-state index is 0.0144. The van der Waals surface area contributed by atoms with Crippen LogP contribution in [0.3, 0.4) is 0 Å². The fourth-order valence-corrected chi connectivity index (χ4v) is 8.84. The van der Waals surface area contributed by atoms with Crippen molar-refractivity contribution >= 4 is 47.3 Å². The molecule has 0 radical (unpaired) electrons. The van der Waals surface area contributed by atoms with Crippen LogP contribution < -0.4 is 21.7 Å². The maximum Gasteiger partial charge on any atom is 0.312 e. The van der Waals surface area contributed by atoms with Gasteiger partial charge < -0.3 is 65.3 Å². The molecule has 9 atom stereocenters. The van der Waals surface area contributed by atoms with Crippen LogP contribution in [-0.4, -0.2) is 231 Å². The molecule has 76 heavy (non-hydrogen) atoms. The second-order valence-corrected chi connectivity index (χ2v) is 22.8. The van der Waals surface area contributed by atoms with Crippen molar-refractivity contribution in [1.82, 2.24) is 45.3 Å². The number of piperazine rings is 2. The molecular weight excluding hydrogens is 984 g/mol. The lowest BCUT2D eigenvalue weighted by Crippen LogP contribution is -2.62. The van der Waals surface area contributed by atoms with Crippen LogP contribution in [0.1, 0.15) is 135 Å². The van der Waals surface area contributed by atoms with Gasteiger partial charge in [-0.1, -0.05) is 34.6 Å². The van der Waals surface area contributed by atoms with Crippen LogP contribution in [0.4, 0.5) is 4.39 Å². The van der Waals surface area contributed by atoms with E-state index in [0.717, 1.165) is 65.0 Å². The number of morpholine rings is 2. The summed E-state index contributed by atoms with van der Waals surface area (Å²) in [4.78, 5) is 101. The minimum Gasteiger partial charge on any atom is -0.371 e. The van der Waals surface area contributed by atoms with Crippen LogP contribution >= 0.6 is 0 Å². The molecule has 8 amide bonds. The van der Waals surface area contributed by atoms with Gasteiger partial charge in [0.05, 0.1) is 25.5 Å². The third-order valence-corrected chi connectivity index (χ3v) is 13.8. The number of nitrogens with zero attached hydrogens (tertiary/aromatic N) is 6. The predicted octanol–water partition coefficient (Wildman–Crippen LogP) is 2.57. The van der Waals surface area contributed by atoms with E-state index >= 15 is 0 Å². The second kappa shape index (κ2) is 33.7. The van der Waals surface area contributed by atoms with Crippen molar-refractivity contribution in [3.63, 3.8) is 0 Å². The first-order valence-corrected chi connectivity index (χ1v) is 27.5. The Kier molecular flexibility index (Phi) is 30.8. The Hall–Kier alpha value is -4.51. The highest BCUT2D eigenvalue weighted by Crippen LogP contribution is 2.21. The number of carbonyl (C=O) groups excluding carboxylic acids is 8. The van der Waals surface area contributed by atoms with Gasteiger partial charge >= 0.3 is 23.6 Å². The van der Waals surface area contributed by atoms with E-state index in [1.807, 2.05) is 74.6 Å². The highest BCUT2D eigenvalue weighted by molar-refractivity contribution is 6.36. The van der Waals surface area contributed by atoms with Gasteiger partial charge in [0.2, 0.25) is 11.8 Å². The minimum atomic E-state index is -0.581. The van der Waals surface area contributed by atoms with Gasteiger partial charge in [-0.2, -0.15) is 0 Å². The molecule has 6 rings (SSSR count).